The molecule has 28 heavy (non-hydrogen) atoms. The number of nitrogens with zero attached hydrogens (tertiary/aromatic N) is 6. The fraction of sp³-hybridized carbons (Fsp3) is 0.263. The van der Waals surface area contributed by atoms with E-state index in [1.165, 1.54) is 12.1 Å². The summed E-state index contributed by atoms with van der Waals surface area (Å²) >= 11 is 0. The van der Waals surface area contributed by atoms with Crippen molar-refractivity contribution in [2.75, 3.05) is 23.3 Å². The molecule has 1 aliphatic rings. The molecule has 1 N–H and O–H groups in total. The first kappa shape index (κ1) is 17.6. The predicted octanol–water partition coefficient (Wildman–Crippen LogP) is 2.89. The van der Waals surface area contributed by atoms with Crippen molar-refractivity contribution < 1.29 is 4.92 Å². The van der Waals surface area contributed by atoms with Crippen molar-refractivity contribution >= 4 is 28.4 Å². The molecule has 0 unspecified atom stereocenters. The number of nitro benzene ring substituents is 1. The van der Waals surface area contributed by atoms with Crippen LogP contribution < -0.4 is 10.2 Å². The van der Waals surface area contributed by atoms with Gasteiger partial charge < -0.3 is 10.2 Å². The first-order chi connectivity index (χ1) is 13.6. The summed E-state index contributed by atoms with van der Waals surface area (Å²) in [6.07, 6.45) is 5.25. The van der Waals surface area contributed by atoms with Gasteiger partial charge in [0, 0.05) is 49.0 Å². The van der Waals surface area contributed by atoms with Crippen LogP contribution in [0, 0.1) is 21.4 Å². The molecule has 140 valence electrons. The molecule has 1 saturated heterocycles. The maximum Gasteiger partial charge on any atom is 0.270 e. The van der Waals surface area contributed by atoms with Crippen LogP contribution in [0.3, 0.4) is 0 Å². The summed E-state index contributed by atoms with van der Waals surface area (Å²) in [6.45, 7) is 1.65. The normalized spacial score (nSPS) is 14.6. The minimum Gasteiger partial charge on any atom is -0.367 e. The predicted molar refractivity (Wildman–Crippen MR) is 104 cm³/mol. The van der Waals surface area contributed by atoms with E-state index in [9.17, 15) is 15.4 Å². The van der Waals surface area contributed by atoms with Crippen LogP contribution in [0.5, 0.6) is 0 Å². The molecule has 0 amide bonds. The van der Waals surface area contributed by atoms with Gasteiger partial charge in [-0.1, -0.05) is 0 Å². The van der Waals surface area contributed by atoms with Crippen LogP contribution in [-0.4, -0.2) is 39.0 Å². The van der Waals surface area contributed by atoms with Crippen molar-refractivity contribution in [3.63, 3.8) is 0 Å². The van der Waals surface area contributed by atoms with E-state index in [-0.39, 0.29) is 11.7 Å². The summed E-state index contributed by atoms with van der Waals surface area (Å²) in [4.78, 5) is 25.8. The molecule has 1 aromatic carbocycles. The van der Waals surface area contributed by atoms with E-state index in [0.717, 1.165) is 31.9 Å². The molecule has 0 bridgehead atoms. The number of hydrogen-bond donors (Lipinski definition) is 1. The average molecular weight is 375 g/mol. The van der Waals surface area contributed by atoms with E-state index in [1.54, 1.807) is 30.6 Å². The van der Waals surface area contributed by atoms with Gasteiger partial charge in [0.2, 0.25) is 5.95 Å². The zero-order valence-corrected chi connectivity index (χ0v) is 14.9. The Balaban J connectivity index is 1.50. The lowest BCUT2D eigenvalue weighted by Crippen LogP contribution is -2.40. The quantitative estimate of drug-likeness (QED) is 0.546. The molecule has 3 heterocycles. The molecular formula is C19H17N7O2. The molecule has 4 rings (SSSR count). The number of benzene rings is 1. The molecule has 1 fully saturated rings. The first-order valence-electron chi connectivity index (χ1n) is 8.92. The van der Waals surface area contributed by atoms with E-state index >= 15 is 0 Å². The highest BCUT2D eigenvalue weighted by Crippen LogP contribution is 2.26. The van der Waals surface area contributed by atoms with Crippen molar-refractivity contribution in [2.24, 2.45) is 0 Å². The van der Waals surface area contributed by atoms with E-state index in [2.05, 4.69) is 31.2 Å². The molecule has 1 aliphatic heterocycles. The Labute approximate surface area is 160 Å². The van der Waals surface area contributed by atoms with Gasteiger partial charge in [-0.2, -0.15) is 5.26 Å². The summed E-state index contributed by atoms with van der Waals surface area (Å²) in [7, 11) is 0. The molecule has 0 saturated carbocycles. The summed E-state index contributed by atoms with van der Waals surface area (Å²) in [6, 6.07) is 10.2. The van der Waals surface area contributed by atoms with Crippen molar-refractivity contribution in [3.8, 4) is 6.07 Å². The van der Waals surface area contributed by atoms with Crippen LogP contribution in [0.2, 0.25) is 0 Å². The van der Waals surface area contributed by atoms with Crippen molar-refractivity contribution in [2.45, 2.75) is 18.9 Å². The molecule has 0 aliphatic carbocycles. The van der Waals surface area contributed by atoms with Crippen LogP contribution in [0.4, 0.5) is 17.5 Å². The van der Waals surface area contributed by atoms with Gasteiger partial charge in [0.1, 0.15) is 5.82 Å². The second kappa shape index (κ2) is 7.44. The van der Waals surface area contributed by atoms with E-state index in [4.69, 9.17) is 0 Å². The van der Waals surface area contributed by atoms with Gasteiger partial charge >= 0.3 is 0 Å². The Morgan fingerprint density at radius 1 is 1.21 bits per heavy atom. The number of anilines is 2. The number of pyridine rings is 1. The minimum absolute atomic E-state index is 0.0537. The average Bonchev–Trinajstić information content (AvgIpc) is 2.74. The Hall–Kier alpha value is -3.80. The number of non-ortho nitro benzene ring substituents is 1. The van der Waals surface area contributed by atoms with E-state index in [0.29, 0.717) is 22.3 Å². The number of hydrogen-bond acceptors (Lipinski definition) is 8. The molecule has 0 atom stereocenters. The zero-order chi connectivity index (χ0) is 19.5. The minimum atomic E-state index is -0.475. The Morgan fingerprint density at radius 3 is 2.64 bits per heavy atom. The number of nitro groups is 1. The fourth-order valence-corrected chi connectivity index (χ4v) is 3.38. The van der Waals surface area contributed by atoms with Crippen LogP contribution >= 0.6 is 0 Å². The third kappa shape index (κ3) is 3.53. The van der Waals surface area contributed by atoms with E-state index in [1.807, 2.05) is 0 Å². The second-order valence-electron chi connectivity index (χ2n) is 6.58. The lowest BCUT2D eigenvalue weighted by molar-refractivity contribution is -0.384. The number of nitrogens with one attached hydrogen (secondary N) is 1. The van der Waals surface area contributed by atoms with Crippen LogP contribution in [-0.2, 0) is 0 Å². The molecular weight excluding hydrogens is 358 g/mol. The second-order valence-corrected chi connectivity index (χ2v) is 6.58. The van der Waals surface area contributed by atoms with E-state index < -0.39 is 4.92 Å². The van der Waals surface area contributed by atoms with Crippen molar-refractivity contribution in [3.05, 3.63) is 58.4 Å². The first-order valence-corrected chi connectivity index (χ1v) is 8.92. The third-order valence-electron chi connectivity index (χ3n) is 4.81. The Morgan fingerprint density at radius 2 is 1.96 bits per heavy atom. The Bertz CT molecular complexity index is 1060. The number of nitriles is 1. The summed E-state index contributed by atoms with van der Waals surface area (Å²) in [5, 5.41) is 24.3. The van der Waals surface area contributed by atoms with Gasteiger partial charge in [-0.05, 0) is 31.0 Å². The summed E-state index contributed by atoms with van der Waals surface area (Å²) in [5.74, 6) is 1.34. The largest absolute Gasteiger partial charge is 0.367 e. The summed E-state index contributed by atoms with van der Waals surface area (Å²) in [5.41, 5.74) is 0.871. The van der Waals surface area contributed by atoms with Gasteiger partial charge in [-0.3, -0.25) is 10.1 Å². The van der Waals surface area contributed by atoms with Crippen LogP contribution in [0.1, 0.15) is 18.4 Å². The SMILES string of the molecule is N#Cc1cc(NC2CCN(c3ncccn3)CC2)nc2ccc([N+](=O)[O-])cc12. The number of fused-ring (bicyclic) bond motifs is 1. The number of aromatic nitrogens is 3. The lowest BCUT2D eigenvalue weighted by Gasteiger charge is -2.32. The molecule has 9 nitrogen and oxygen atoms in total. The van der Waals surface area contributed by atoms with Crippen molar-refractivity contribution in [1.29, 1.82) is 5.26 Å². The third-order valence-corrected chi connectivity index (χ3v) is 4.81. The summed E-state index contributed by atoms with van der Waals surface area (Å²) < 4.78 is 0. The van der Waals surface area contributed by atoms with Gasteiger partial charge in [0.25, 0.3) is 5.69 Å². The molecule has 9 heteroatoms. The monoisotopic (exact) mass is 375 g/mol. The molecule has 0 radical (unpaired) electrons. The number of rotatable bonds is 4. The number of piperidine rings is 1. The highest BCUT2D eigenvalue weighted by Gasteiger charge is 2.21. The maximum atomic E-state index is 11.0. The molecule has 2 aromatic heterocycles. The van der Waals surface area contributed by atoms with Gasteiger partial charge in [-0.25, -0.2) is 15.0 Å². The van der Waals surface area contributed by atoms with Crippen LogP contribution in [0.25, 0.3) is 10.9 Å². The highest BCUT2D eigenvalue weighted by atomic mass is 16.6. The fourth-order valence-electron chi connectivity index (χ4n) is 3.38. The molecule has 0 spiro atoms. The standard InChI is InChI=1S/C19H17N7O2/c20-12-13-10-18(24-17-3-2-15(26(27)28)11-16(13)17)23-14-4-8-25(9-5-14)19-21-6-1-7-22-19/h1-3,6-7,10-11,14H,4-5,8-9H2,(H,23,24). The van der Waals surface area contributed by atoms with Crippen molar-refractivity contribution in [1.82, 2.24) is 15.0 Å². The zero-order valence-electron chi connectivity index (χ0n) is 14.9. The highest BCUT2D eigenvalue weighted by molar-refractivity contribution is 5.88. The Kier molecular flexibility index (Phi) is 4.68. The van der Waals surface area contributed by atoms with Gasteiger partial charge in [-0.15, -0.1) is 0 Å². The van der Waals surface area contributed by atoms with Gasteiger partial charge in [0.15, 0.2) is 0 Å². The smallest absolute Gasteiger partial charge is 0.270 e. The topological polar surface area (TPSA) is 121 Å². The van der Waals surface area contributed by atoms with Gasteiger partial charge in [0.05, 0.1) is 22.1 Å². The molecule has 3 aromatic rings. The maximum absolute atomic E-state index is 11.0. The lowest BCUT2D eigenvalue weighted by atomic mass is 10.0. The van der Waals surface area contributed by atoms with Crippen LogP contribution in [0.15, 0.2) is 42.7 Å².